The van der Waals surface area contributed by atoms with Gasteiger partial charge in [0.15, 0.2) is 0 Å². The van der Waals surface area contributed by atoms with Crippen LogP contribution in [0.1, 0.15) is 0 Å². The topological polar surface area (TPSA) is 61.7 Å². The molecule has 1 heterocycles. The molecule has 0 aliphatic rings. The number of nitrogens with zero attached hydrogens (tertiary/aromatic N) is 4. The van der Waals surface area contributed by atoms with E-state index in [1.54, 1.807) is 18.2 Å². The van der Waals surface area contributed by atoms with Crippen LogP contribution in [0.15, 0.2) is 59.7 Å². The number of rotatable bonds is 2. The van der Waals surface area contributed by atoms with Crippen LogP contribution in [0.25, 0.3) is 32.6 Å². The molecule has 4 nitrogen and oxygen atoms in total. The van der Waals surface area contributed by atoms with Crippen LogP contribution in [0.4, 0.5) is 5.69 Å². The summed E-state index contributed by atoms with van der Waals surface area (Å²) in [5.74, 6) is 0. The van der Waals surface area contributed by atoms with Crippen molar-refractivity contribution in [3.05, 3.63) is 70.1 Å². The Labute approximate surface area is 120 Å². The van der Waals surface area contributed by atoms with E-state index in [1.165, 1.54) is 0 Å². The molecule has 0 radical (unpaired) electrons. The van der Waals surface area contributed by atoms with Crippen molar-refractivity contribution in [2.45, 2.75) is 0 Å². The average molecular weight is 281 g/mol. The van der Waals surface area contributed by atoms with Gasteiger partial charge in [-0.25, -0.2) is 4.98 Å². The summed E-state index contributed by atoms with van der Waals surface area (Å²) in [4.78, 5) is 7.46. The van der Waals surface area contributed by atoms with Gasteiger partial charge in [-0.15, -0.1) is 0 Å². The maximum atomic E-state index is 8.71. The molecule has 2 aromatic carbocycles. The van der Waals surface area contributed by atoms with E-state index in [2.05, 4.69) is 15.0 Å². The number of benzene rings is 2. The number of fused-ring (bicyclic) bond motifs is 1. The average Bonchev–Trinajstić information content (AvgIpc) is 2.49. The SMILES string of the molecule is [N-]=[N+]=Nc1cc(-c2ccccc2)nc2ccc(Cl)cc12. The highest BCUT2D eigenvalue weighted by Crippen LogP contribution is 2.31. The van der Waals surface area contributed by atoms with E-state index in [9.17, 15) is 0 Å². The van der Waals surface area contributed by atoms with Crippen molar-refractivity contribution < 1.29 is 0 Å². The lowest BCUT2D eigenvalue weighted by Gasteiger charge is -2.06. The van der Waals surface area contributed by atoms with Crippen LogP contribution in [-0.2, 0) is 0 Å². The smallest absolute Gasteiger partial charge is 0.0715 e. The van der Waals surface area contributed by atoms with Crippen molar-refractivity contribution in [2.24, 2.45) is 5.11 Å². The Bertz CT molecular complexity index is 824. The molecule has 0 aliphatic carbocycles. The summed E-state index contributed by atoms with van der Waals surface area (Å²) in [6.07, 6.45) is 0. The molecule has 1 aromatic heterocycles. The Morgan fingerprint density at radius 2 is 1.85 bits per heavy atom. The van der Waals surface area contributed by atoms with Crippen LogP contribution in [0, 0.1) is 0 Å². The second-order valence-electron chi connectivity index (χ2n) is 4.24. The molecule has 3 aromatic rings. The predicted molar refractivity (Wildman–Crippen MR) is 81.0 cm³/mol. The molecule has 0 saturated heterocycles. The quantitative estimate of drug-likeness (QED) is 0.347. The van der Waals surface area contributed by atoms with Crippen molar-refractivity contribution in [2.75, 3.05) is 0 Å². The Hall–Kier alpha value is -2.55. The summed E-state index contributed by atoms with van der Waals surface area (Å²) in [5.41, 5.74) is 11.7. The third-order valence-electron chi connectivity index (χ3n) is 2.97. The highest BCUT2D eigenvalue weighted by Gasteiger charge is 2.07. The largest absolute Gasteiger partial charge is 0.248 e. The van der Waals surface area contributed by atoms with Crippen molar-refractivity contribution in [1.82, 2.24) is 4.98 Å². The lowest BCUT2D eigenvalue weighted by atomic mass is 10.1. The van der Waals surface area contributed by atoms with Gasteiger partial charge in [-0.1, -0.05) is 47.0 Å². The normalized spacial score (nSPS) is 10.2. The zero-order chi connectivity index (χ0) is 13.9. The van der Waals surface area contributed by atoms with E-state index in [0.717, 1.165) is 22.2 Å². The van der Waals surface area contributed by atoms with Gasteiger partial charge in [-0.3, -0.25) is 0 Å². The second-order valence-corrected chi connectivity index (χ2v) is 4.68. The first-order valence-corrected chi connectivity index (χ1v) is 6.36. The number of hydrogen-bond acceptors (Lipinski definition) is 2. The van der Waals surface area contributed by atoms with E-state index >= 15 is 0 Å². The molecule has 0 aliphatic heterocycles. The van der Waals surface area contributed by atoms with Crippen molar-refractivity contribution >= 4 is 28.2 Å². The molecule has 0 atom stereocenters. The molecule has 0 saturated carbocycles. The summed E-state index contributed by atoms with van der Waals surface area (Å²) < 4.78 is 0. The molecule has 96 valence electrons. The first-order valence-electron chi connectivity index (χ1n) is 5.99. The van der Waals surface area contributed by atoms with E-state index < -0.39 is 0 Å². The molecular weight excluding hydrogens is 272 g/mol. The van der Waals surface area contributed by atoms with Crippen LogP contribution >= 0.6 is 11.6 Å². The van der Waals surface area contributed by atoms with Gasteiger partial charge in [0.2, 0.25) is 0 Å². The van der Waals surface area contributed by atoms with Crippen LogP contribution in [0.2, 0.25) is 5.02 Å². The minimum absolute atomic E-state index is 0.527. The third kappa shape index (κ3) is 2.30. The fourth-order valence-electron chi connectivity index (χ4n) is 2.07. The first kappa shape index (κ1) is 12.5. The highest BCUT2D eigenvalue weighted by molar-refractivity contribution is 6.31. The van der Waals surface area contributed by atoms with Crippen molar-refractivity contribution in [3.8, 4) is 11.3 Å². The third-order valence-corrected chi connectivity index (χ3v) is 3.21. The van der Waals surface area contributed by atoms with Gasteiger partial charge in [0.25, 0.3) is 0 Å². The van der Waals surface area contributed by atoms with Crippen LogP contribution in [0.3, 0.4) is 0 Å². The molecule has 3 rings (SSSR count). The van der Waals surface area contributed by atoms with Gasteiger partial charge in [0.1, 0.15) is 0 Å². The number of aromatic nitrogens is 1. The maximum absolute atomic E-state index is 8.71. The summed E-state index contributed by atoms with van der Waals surface area (Å²) in [5, 5.41) is 5.07. The number of hydrogen-bond donors (Lipinski definition) is 0. The molecule has 5 heteroatoms. The second kappa shape index (κ2) is 5.21. The van der Waals surface area contributed by atoms with Gasteiger partial charge in [-0.2, -0.15) is 0 Å². The Kier molecular flexibility index (Phi) is 3.25. The summed E-state index contributed by atoms with van der Waals surface area (Å²) >= 11 is 5.99. The number of halogens is 1. The fraction of sp³-hybridized carbons (Fsp3) is 0. The van der Waals surface area contributed by atoms with Crippen molar-refractivity contribution in [1.29, 1.82) is 0 Å². The van der Waals surface area contributed by atoms with Crippen molar-refractivity contribution in [3.63, 3.8) is 0 Å². The van der Waals surface area contributed by atoms with E-state index in [1.807, 2.05) is 36.4 Å². The van der Waals surface area contributed by atoms with Crippen LogP contribution in [-0.4, -0.2) is 4.98 Å². The lowest BCUT2D eigenvalue weighted by molar-refractivity contribution is 1.37. The van der Waals surface area contributed by atoms with E-state index in [-0.39, 0.29) is 0 Å². The molecule has 20 heavy (non-hydrogen) atoms. The summed E-state index contributed by atoms with van der Waals surface area (Å²) in [6.45, 7) is 0. The molecule has 0 fully saturated rings. The maximum Gasteiger partial charge on any atom is 0.0715 e. The molecular formula is C15H9ClN4. The standard InChI is InChI=1S/C15H9ClN4/c16-11-6-7-13-12(8-11)15(19-20-17)9-14(18-13)10-4-2-1-3-5-10/h1-9H. The zero-order valence-electron chi connectivity index (χ0n) is 10.4. The van der Waals surface area contributed by atoms with Gasteiger partial charge in [0.05, 0.1) is 11.2 Å². The monoisotopic (exact) mass is 280 g/mol. The molecule has 0 bridgehead atoms. The molecule has 0 unspecified atom stereocenters. The van der Waals surface area contributed by atoms with Gasteiger partial charge in [0, 0.05) is 26.6 Å². The highest BCUT2D eigenvalue weighted by atomic mass is 35.5. The predicted octanol–water partition coefficient (Wildman–Crippen LogP) is 5.50. The molecule has 0 N–H and O–H groups in total. The Morgan fingerprint density at radius 1 is 1.05 bits per heavy atom. The van der Waals surface area contributed by atoms with Gasteiger partial charge < -0.3 is 0 Å². The molecule has 0 amide bonds. The minimum Gasteiger partial charge on any atom is -0.248 e. The lowest BCUT2D eigenvalue weighted by Crippen LogP contribution is -1.86. The van der Waals surface area contributed by atoms with E-state index in [4.69, 9.17) is 17.1 Å². The minimum atomic E-state index is 0.527. The summed E-state index contributed by atoms with van der Waals surface area (Å²) in [7, 11) is 0. The Balaban J connectivity index is 2.31. The Morgan fingerprint density at radius 3 is 2.60 bits per heavy atom. The first-order chi connectivity index (χ1) is 9.78. The van der Waals surface area contributed by atoms with Crippen LogP contribution in [0.5, 0.6) is 0 Å². The summed E-state index contributed by atoms with van der Waals surface area (Å²) in [6, 6.07) is 16.9. The number of pyridine rings is 1. The van der Waals surface area contributed by atoms with Crippen LogP contribution < -0.4 is 0 Å². The molecule has 0 spiro atoms. The zero-order valence-corrected chi connectivity index (χ0v) is 11.1. The van der Waals surface area contributed by atoms with Gasteiger partial charge in [-0.05, 0) is 29.8 Å². The van der Waals surface area contributed by atoms with Gasteiger partial charge >= 0.3 is 0 Å². The van der Waals surface area contributed by atoms with E-state index in [0.29, 0.717) is 10.7 Å². The number of azide groups is 1. The fourth-order valence-corrected chi connectivity index (χ4v) is 2.24.